The topological polar surface area (TPSA) is 33.5 Å². The van der Waals surface area contributed by atoms with Crippen molar-refractivity contribution >= 4 is 33.2 Å². The van der Waals surface area contributed by atoms with Crippen LogP contribution in [0.25, 0.3) is 61.0 Å². The first-order chi connectivity index (χ1) is 35.3. The van der Waals surface area contributed by atoms with Crippen molar-refractivity contribution in [3.63, 3.8) is 0 Å². The van der Waals surface area contributed by atoms with Crippen molar-refractivity contribution in [2.75, 3.05) is 16.5 Å². The summed E-state index contributed by atoms with van der Waals surface area (Å²) in [4.78, 5) is 9.60. The molecule has 0 radical (unpaired) electrons. The van der Waals surface area contributed by atoms with E-state index in [1.165, 1.54) is 55.5 Å². The van der Waals surface area contributed by atoms with Crippen LogP contribution < -0.4 is 14.5 Å². The highest BCUT2D eigenvalue weighted by atomic mass is 16.5. The van der Waals surface area contributed by atoms with Crippen LogP contribution in [0.2, 0.25) is 0 Å². The predicted octanol–water partition coefficient (Wildman–Crippen LogP) is 16.7. The van der Waals surface area contributed by atoms with Crippen molar-refractivity contribution in [2.45, 2.75) is 31.6 Å². The minimum atomic E-state index is -0.567. The van der Waals surface area contributed by atoms with E-state index in [4.69, 9.17) is 9.72 Å². The van der Waals surface area contributed by atoms with Crippen LogP contribution in [0.15, 0.2) is 249 Å². The first-order valence-electron chi connectivity index (χ1n) is 24.9. The lowest BCUT2D eigenvalue weighted by molar-refractivity contribution is 0.483. The molecule has 72 heavy (non-hydrogen) atoms. The van der Waals surface area contributed by atoms with Crippen LogP contribution in [0.5, 0.6) is 11.5 Å². The van der Waals surface area contributed by atoms with Crippen LogP contribution >= 0.6 is 0 Å². The van der Waals surface area contributed by atoms with Crippen molar-refractivity contribution in [2.24, 2.45) is 0 Å². The Morgan fingerprint density at radius 1 is 0.458 bits per heavy atom. The largest absolute Gasteiger partial charge is 0.457 e. The van der Waals surface area contributed by atoms with Gasteiger partial charge >= 0.3 is 0 Å². The van der Waals surface area contributed by atoms with Crippen LogP contribution in [0.4, 0.5) is 11.4 Å². The minimum Gasteiger partial charge on any atom is -0.457 e. The summed E-state index contributed by atoms with van der Waals surface area (Å²) in [5.41, 5.74) is 17.3. The smallest absolute Gasteiger partial charge is 0.137 e. The number of nitrogens with zero attached hydrogens (tertiary/aromatic N) is 4. The molecular formula is C67H52N4O. The zero-order valence-corrected chi connectivity index (χ0v) is 40.6. The molecule has 2 aliphatic rings. The van der Waals surface area contributed by atoms with Crippen molar-refractivity contribution in [1.82, 2.24) is 9.55 Å². The maximum Gasteiger partial charge on any atom is 0.137 e. The maximum atomic E-state index is 6.78. The van der Waals surface area contributed by atoms with Gasteiger partial charge in [-0.2, -0.15) is 0 Å². The molecule has 346 valence electrons. The van der Waals surface area contributed by atoms with Crippen LogP contribution in [0, 0.1) is 0 Å². The Kier molecular flexibility index (Phi) is 10.3. The lowest BCUT2D eigenvalue weighted by atomic mass is 9.66. The third-order valence-corrected chi connectivity index (χ3v) is 14.8. The molecule has 5 nitrogen and oxygen atoms in total. The van der Waals surface area contributed by atoms with Gasteiger partial charge in [0.1, 0.15) is 17.3 Å². The Labute approximate surface area is 421 Å². The fraction of sp³-hybridized carbons (Fsp3) is 0.0896. The number of hydrogen-bond acceptors (Lipinski definition) is 4. The summed E-state index contributed by atoms with van der Waals surface area (Å²) in [5.74, 6) is 2.41. The number of pyridine rings is 1. The van der Waals surface area contributed by atoms with E-state index in [9.17, 15) is 0 Å². The summed E-state index contributed by atoms with van der Waals surface area (Å²) in [6.07, 6.45) is 6.34. The summed E-state index contributed by atoms with van der Waals surface area (Å²) in [6.45, 7) is 7.33. The Hall–Kier alpha value is -8.93. The second-order valence-corrected chi connectivity index (χ2v) is 20.0. The second kappa shape index (κ2) is 17.2. The monoisotopic (exact) mass is 928 g/mol. The van der Waals surface area contributed by atoms with Gasteiger partial charge in [0.25, 0.3) is 0 Å². The van der Waals surface area contributed by atoms with E-state index in [-0.39, 0.29) is 5.41 Å². The van der Waals surface area contributed by atoms with Crippen LogP contribution in [-0.2, 0) is 10.8 Å². The Balaban J connectivity index is 0.901. The fourth-order valence-electron chi connectivity index (χ4n) is 11.4. The molecular weight excluding hydrogens is 877 g/mol. The number of para-hydroxylation sites is 1. The SMILES string of the molecule is CC(C)(C)c1ccnc(-n2c3ccccc3c3ccc(Oc4cccc(N5C=CN(c6c(-c7ccccc7)cc(C7(c8ccccc8)c8ccccc8-c8ccccc87)cc6-c6ccccc6)C5)c4)cc32)c1. The first-order valence-corrected chi connectivity index (χ1v) is 24.9. The van der Waals surface area contributed by atoms with Gasteiger partial charge in [-0.25, -0.2) is 4.98 Å². The highest BCUT2D eigenvalue weighted by molar-refractivity contribution is 6.09. The summed E-state index contributed by atoms with van der Waals surface area (Å²) >= 11 is 0. The van der Waals surface area contributed by atoms with Gasteiger partial charge in [0.15, 0.2) is 0 Å². The van der Waals surface area contributed by atoms with E-state index in [1.54, 1.807) is 0 Å². The number of hydrogen-bond donors (Lipinski definition) is 0. The molecule has 0 amide bonds. The van der Waals surface area contributed by atoms with Crippen molar-refractivity contribution < 1.29 is 4.74 Å². The quantitative estimate of drug-likeness (QED) is 0.144. The van der Waals surface area contributed by atoms with E-state index >= 15 is 0 Å². The average molecular weight is 929 g/mol. The molecule has 0 spiro atoms. The number of rotatable bonds is 9. The highest BCUT2D eigenvalue weighted by Gasteiger charge is 2.46. The zero-order valence-electron chi connectivity index (χ0n) is 40.6. The van der Waals surface area contributed by atoms with Gasteiger partial charge in [0.05, 0.1) is 28.8 Å². The van der Waals surface area contributed by atoms with Gasteiger partial charge in [0, 0.05) is 58.3 Å². The lowest BCUT2D eigenvalue weighted by Crippen LogP contribution is -2.29. The summed E-state index contributed by atoms with van der Waals surface area (Å²) in [5, 5.41) is 2.34. The van der Waals surface area contributed by atoms with Gasteiger partial charge < -0.3 is 14.5 Å². The molecule has 1 aliphatic heterocycles. The summed E-state index contributed by atoms with van der Waals surface area (Å²) < 4.78 is 9.04. The lowest BCUT2D eigenvalue weighted by Gasteiger charge is -2.36. The number of aromatic nitrogens is 2. The summed E-state index contributed by atoms with van der Waals surface area (Å²) in [7, 11) is 0. The van der Waals surface area contributed by atoms with Crippen molar-refractivity contribution in [3.8, 4) is 50.7 Å². The number of anilines is 2. The van der Waals surface area contributed by atoms with Crippen LogP contribution in [0.1, 0.15) is 48.6 Å². The van der Waals surface area contributed by atoms with Crippen molar-refractivity contribution in [3.05, 3.63) is 277 Å². The molecule has 3 heterocycles. The maximum absolute atomic E-state index is 6.78. The normalized spacial score (nSPS) is 13.7. The summed E-state index contributed by atoms with van der Waals surface area (Å²) in [6, 6.07) is 83.5. The van der Waals surface area contributed by atoms with E-state index < -0.39 is 5.41 Å². The second-order valence-electron chi connectivity index (χ2n) is 20.0. The molecule has 2 aromatic heterocycles. The molecule has 0 bridgehead atoms. The molecule has 11 aromatic rings. The van der Waals surface area contributed by atoms with Gasteiger partial charge in [-0.1, -0.05) is 185 Å². The third kappa shape index (κ3) is 7.11. The van der Waals surface area contributed by atoms with Gasteiger partial charge in [-0.15, -0.1) is 0 Å². The predicted molar refractivity (Wildman–Crippen MR) is 297 cm³/mol. The molecule has 0 fully saturated rings. The standard InChI is InChI=1S/C67H52N4O/c1-66(2,3)49-36-37-68-64(42-49)71-62-33-18-15-30-56(62)57-35-34-53(44-63(57)71)72-52-27-19-26-51(43-52)69-38-39-70(45-69)65-58(46-20-7-4-8-21-46)40-50(41-59(65)47-22-9-5-10-23-47)67(48-24-11-6-12-25-48)60-31-16-13-28-54(60)55-29-14-17-32-61(55)67/h4-44H,45H2,1-3H3. The third-order valence-electron chi connectivity index (χ3n) is 14.8. The Bertz CT molecular complexity index is 3760. The molecule has 5 heteroatoms. The van der Waals surface area contributed by atoms with Gasteiger partial charge in [-0.3, -0.25) is 4.57 Å². The number of benzene rings is 9. The number of fused-ring (bicyclic) bond motifs is 6. The van der Waals surface area contributed by atoms with E-state index in [0.717, 1.165) is 56.2 Å². The van der Waals surface area contributed by atoms with E-state index in [0.29, 0.717) is 6.67 Å². The average Bonchev–Trinajstić information content (AvgIpc) is 4.14. The minimum absolute atomic E-state index is 0.0155. The van der Waals surface area contributed by atoms with Gasteiger partial charge in [0.2, 0.25) is 0 Å². The number of ether oxygens (including phenoxy) is 1. The molecule has 13 rings (SSSR count). The Morgan fingerprint density at radius 3 is 1.72 bits per heavy atom. The molecule has 1 aliphatic carbocycles. The van der Waals surface area contributed by atoms with E-state index in [1.807, 2.05) is 12.3 Å². The highest BCUT2D eigenvalue weighted by Crippen LogP contribution is 2.58. The first kappa shape index (κ1) is 43.1. The van der Waals surface area contributed by atoms with Crippen LogP contribution in [-0.4, -0.2) is 16.2 Å². The zero-order chi connectivity index (χ0) is 48.4. The van der Waals surface area contributed by atoms with Crippen molar-refractivity contribution in [1.29, 1.82) is 0 Å². The molecule has 0 saturated heterocycles. The molecule has 0 N–H and O–H groups in total. The molecule has 9 aromatic carbocycles. The molecule has 0 saturated carbocycles. The van der Waals surface area contributed by atoms with Crippen LogP contribution in [0.3, 0.4) is 0 Å². The Morgan fingerprint density at radius 2 is 1.04 bits per heavy atom. The molecule has 0 unspecified atom stereocenters. The van der Waals surface area contributed by atoms with Gasteiger partial charge in [-0.05, 0) is 110 Å². The fourth-order valence-corrected chi connectivity index (χ4v) is 11.4. The molecule has 0 atom stereocenters. The van der Waals surface area contributed by atoms with E-state index in [2.05, 4.69) is 272 Å².